The van der Waals surface area contributed by atoms with Gasteiger partial charge in [-0.1, -0.05) is 50.1 Å². The van der Waals surface area contributed by atoms with Gasteiger partial charge in [-0.15, -0.1) is 0 Å². The predicted molar refractivity (Wildman–Crippen MR) is 119 cm³/mol. The second-order valence-corrected chi connectivity index (χ2v) is 8.96. The molecule has 9 heteroatoms. The maximum Gasteiger partial charge on any atom is 0.417 e. The molecule has 0 saturated carbocycles. The Morgan fingerprint density at radius 3 is 2.59 bits per heavy atom. The zero-order valence-corrected chi connectivity index (χ0v) is 19.5. The molecule has 1 aromatic carbocycles. The van der Waals surface area contributed by atoms with Crippen LogP contribution in [0.1, 0.15) is 50.6 Å². The number of unbranched alkanes of at least 4 members (excludes halogenated alkanes) is 3. The smallest absolute Gasteiger partial charge is 0.417 e. The topological polar surface area (TPSA) is 113 Å². The molecule has 4 atom stereocenters. The van der Waals surface area contributed by atoms with E-state index >= 15 is 0 Å². The number of aliphatic hydroxyl groups excluding tert-OH is 1. The highest BCUT2D eigenvalue weighted by Crippen LogP contribution is 2.38. The van der Waals surface area contributed by atoms with E-state index in [-0.39, 0.29) is 24.1 Å². The van der Waals surface area contributed by atoms with Gasteiger partial charge in [-0.2, -0.15) is 0 Å². The normalized spacial score (nSPS) is 26.6. The van der Waals surface area contributed by atoms with Gasteiger partial charge in [0.1, 0.15) is 18.8 Å². The molecule has 0 unspecified atom stereocenters. The molecule has 174 valence electrons. The number of hydrogen-bond donors (Lipinski definition) is 2. The minimum atomic E-state index is -1.74. The molecule has 0 radical (unpaired) electrons. The molecule has 3 rings (SSSR count). The van der Waals surface area contributed by atoms with Crippen LogP contribution in [0.3, 0.4) is 0 Å². The molecule has 0 spiro atoms. The lowest BCUT2D eigenvalue weighted by atomic mass is 9.93. The Bertz CT molecular complexity index is 874. The second kappa shape index (κ2) is 10.7. The van der Waals surface area contributed by atoms with Gasteiger partial charge in [-0.25, -0.2) is 9.69 Å². The Labute approximate surface area is 195 Å². The average Bonchev–Trinajstić information content (AvgIpc) is 3.17. The summed E-state index contributed by atoms with van der Waals surface area (Å²) in [5.74, 6) is -3.82. The van der Waals surface area contributed by atoms with Crippen molar-refractivity contribution in [3.8, 4) is 0 Å². The molecule has 1 saturated heterocycles. The first-order chi connectivity index (χ1) is 15.3. The lowest BCUT2D eigenvalue weighted by Gasteiger charge is -2.37. The number of ketones is 1. The Balaban J connectivity index is 1.74. The number of carbonyl (C=O) groups is 3. The molecule has 1 aromatic rings. The van der Waals surface area contributed by atoms with Gasteiger partial charge in [0.05, 0.1) is 10.4 Å². The van der Waals surface area contributed by atoms with Crippen molar-refractivity contribution in [1.82, 2.24) is 4.90 Å². The van der Waals surface area contributed by atoms with Crippen molar-refractivity contribution >= 4 is 33.7 Å². The molecule has 2 aliphatic heterocycles. The van der Waals surface area contributed by atoms with Crippen LogP contribution in [0.25, 0.3) is 0 Å². The summed E-state index contributed by atoms with van der Waals surface area (Å²) < 4.78 is 11.1. The van der Waals surface area contributed by atoms with Crippen molar-refractivity contribution in [2.24, 2.45) is 5.92 Å². The highest BCUT2D eigenvalue weighted by Gasteiger charge is 2.48. The Hall–Kier alpha value is -2.07. The van der Waals surface area contributed by atoms with Crippen molar-refractivity contribution in [2.45, 2.75) is 57.0 Å². The number of rotatable bonds is 9. The zero-order valence-electron chi connectivity index (χ0n) is 17.9. The summed E-state index contributed by atoms with van der Waals surface area (Å²) in [4.78, 5) is 39.3. The molecule has 0 aromatic heterocycles. The summed E-state index contributed by atoms with van der Waals surface area (Å²) in [6.45, 7) is 1.65. The molecule has 0 aliphatic carbocycles. The van der Waals surface area contributed by atoms with Crippen molar-refractivity contribution in [2.75, 3.05) is 13.2 Å². The highest BCUT2D eigenvalue weighted by molar-refractivity contribution is 9.11. The van der Waals surface area contributed by atoms with Gasteiger partial charge < -0.3 is 19.7 Å². The SMILES string of the molecule is C[C@H](C(=O)N1C(=O)OC[C@@H]1c1ccccc1)[C@H]1O[C@](O)(CCCCCCO)C(Br)=CC1=O. The quantitative estimate of drug-likeness (QED) is 0.491. The fourth-order valence-corrected chi connectivity index (χ4v) is 4.45. The largest absolute Gasteiger partial charge is 0.446 e. The van der Waals surface area contributed by atoms with E-state index in [4.69, 9.17) is 14.6 Å². The number of benzene rings is 1. The van der Waals surface area contributed by atoms with Gasteiger partial charge in [0, 0.05) is 13.0 Å². The van der Waals surface area contributed by atoms with E-state index in [9.17, 15) is 19.5 Å². The van der Waals surface area contributed by atoms with Gasteiger partial charge in [-0.3, -0.25) is 9.59 Å². The number of halogens is 1. The molecule has 32 heavy (non-hydrogen) atoms. The highest BCUT2D eigenvalue weighted by atomic mass is 79.9. The Kier molecular flexibility index (Phi) is 8.21. The fraction of sp³-hybridized carbons (Fsp3) is 0.522. The van der Waals surface area contributed by atoms with Gasteiger partial charge in [-0.05, 0) is 40.4 Å². The number of carbonyl (C=O) groups excluding carboxylic acids is 3. The zero-order chi connectivity index (χ0) is 23.3. The summed E-state index contributed by atoms with van der Waals surface area (Å²) in [5.41, 5.74) is 0.747. The molecule has 1 fully saturated rings. The first-order valence-corrected chi connectivity index (χ1v) is 11.5. The van der Waals surface area contributed by atoms with Gasteiger partial charge >= 0.3 is 6.09 Å². The van der Waals surface area contributed by atoms with E-state index in [0.717, 1.165) is 23.3 Å². The van der Waals surface area contributed by atoms with E-state index in [1.807, 2.05) is 6.07 Å². The molecular formula is C23H28BrNO7. The van der Waals surface area contributed by atoms with E-state index in [1.54, 1.807) is 24.3 Å². The summed E-state index contributed by atoms with van der Waals surface area (Å²) in [6.07, 6.45) is 2.32. The monoisotopic (exact) mass is 509 g/mol. The van der Waals surface area contributed by atoms with Crippen LogP contribution in [0.4, 0.5) is 4.79 Å². The Morgan fingerprint density at radius 1 is 1.22 bits per heavy atom. The van der Waals surface area contributed by atoms with Gasteiger partial charge in [0.25, 0.3) is 0 Å². The minimum Gasteiger partial charge on any atom is -0.446 e. The summed E-state index contributed by atoms with van der Waals surface area (Å²) in [7, 11) is 0. The lowest BCUT2D eigenvalue weighted by Crippen LogP contribution is -2.51. The molecule has 2 N–H and O–H groups in total. The molecule has 2 heterocycles. The summed E-state index contributed by atoms with van der Waals surface area (Å²) in [6, 6.07) is 8.45. The standard InChI is InChI=1S/C23H28BrNO7/c1-15(21(28)25-17(14-31-22(25)29)16-9-5-4-6-10-16)20-18(27)13-19(24)23(30,32-20)11-7-2-3-8-12-26/h4-6,9-10,13,15,17,20,26,30H,2-3,7-8,11-12,14H2,1H3/t15-,17+,20+,23+/m0/s1. The van der Waals surface area contributed by atoms with Crippen LogP contribution in [0.2, 0.25) is 0 Å². The first-order valence-electron chi connectivity index (χ1n) is 10.8. The first kappa shape index (κ1) is 24.6. The minimum absolute atomic E-state index is 0.0318. The average molecular weight is 510 g/mol. The van der Waals surface area contributed by atoms with E-state index in [2.05, 4.69) is 15.9 Å². The maximum absolute atomic E-state index is 13.3. The number of hydrogen-bond acceptors (Lipinski definition) is 7. The second-order valence-electron chi connectivity index (χ2n) is 8.11. The van der Waals surface area contributed by atoms with Crippen LogP contribution in [-0.2, 0) is 19.1 Å². The molecule has 8 nitrogen and oxygen atoms in total. The van der Waals surface area contributed by atoms with Crippen LogP contribution >= 0.6 is 15.9 Å². The molecular weight excluding hydrogens is 482 g/mol. The van der Waals surface area contributed by atoms with Gasteiger partial charge in [0.2, 0.25) is 5.91 Å². The Morgan fingerprint density at radius 2 is 1.91 bits per heavy atom. The third-order valence-electron chi connectivity index (χ3n) is 5.81. The number of aliphatic hydroxyl groups is 2. The maximum atomic E-state index is 13.3. The van der Waals surface area contributed by atoms with E-state index in [0.29, 0.717) is 12.8 Å². The number of imide groups is 1. The van der Waals surface area contributed by atoms with Crippen molar-refractivity contribution < 1.29 is 34.1 Å². The van der Waals surface area contributed by atoms with Crippen molar-refractivity contribution in [3.63, 3.8) is 0 Å². The summed E-state index contributed by atoms with van der Waals surface area (Å²) in [5, 5.41) is 19.9. The molecule has 0 bridgehead atoms. The number of nitrogens with zero attached hydrogens (tertiary/aromatic N) is 1. The van der Waals surface area contributed by atoms with E-state index in [1.165, 1.54) is 13.0 Å². The van der Waals surface area contributed by atoms with Crippen molar-refractivity contribution in [3.05, 3.63) is 46.5 Å². The number of ether oxygens (including phenoxy) is 2. The van der Waals surface area contributed by atoms with Crippen LogP contribution in [-0.4, -0.2) is 58.0 Å². The number of cyclic esters (lactones) is 1. The third kappa shape index (κ3) is 5.28. The van der Waals surface area contributed by atoms with Crippen LogP contribution in [0, 0.1) is 5.92 Å². The fourth-order valence-electron chi connectivity index (χ4n) is 3.94. The lowest BCUT2D eigenvalue weighted by molar-refractivity contribution is -0.217. The van der Waals surface area contributed by atoms with Crippen LogP contribution in [0.15, 0.2) is 40.9 Å². The van der Waals surface area contributed by atoms with E-state index < -0.39 is 41.6 Å². The molecule has 2 aliphatic rings. The van der Waals surface area contributed by atoms with Gasteiger partial charge in [0.15, 0.2) is 11.6 Å². The summed E-state index contributed by atoms with van der Waals surface area (Å²) >= 11 is 3.22. The third-order valence-corrected chi connectivity index (χ3v) is 6.66. The van der Waals surface area contributed by atoms with Crippen LogP contribution < -0.4 is 0 Å². The van der Waals surface area contributed by atoms with Crippen LogP contribution in [0.5, 0.6) is 0 Å². The predicted octanol–water partition coefficient (Wildman–Crippen LogP) is 3.22. The molecule has 2 amide bonds. The number of amides is 2. The van der Waals surface area contributed by atoms with Crippen molar-refractivity contribution in [1.29, 1.82) is 0 Å².